The molecule has 0 spiro atoms. The SMILES string of the molecule is C[C@@]1(c2ccccc2)NC(=O)N(CC(=O)Nc2ccc(N3CCOCC3)cc2)C1=O. The maximum Gasteiger partial charge on any atom is 0.325 e. The molecule has 8 nitrogen and oxygen atoms in total. The van der Waals surface area contributed by atoms with Gasteiger partial charge < -0.3 is 20.3 Å². The highest BCUT2D eigenvalue weighted by Crippen LogP contribution is 2.28. The molecule has 1 atom stereocenters. The van der Waals surface area contributed by atoms with Crippen LogP contribution in [0, 0.1) is 0 Å². The summed E-state index contributed by atoms with van der Waals surface area (Å²) in [6, 6.07) is 15.9. The van der Waals surface area contributed by atoms with Crippen LogP contribution in [0.2, 0.25) is 0 Å². The summed E-state index contributed by atoms with van der Waals surface area (Å²) in [7, 11) is 0. The highest BCUT2D eigenvalue weighted by atomic mass is 16.5. The van der Waals surface area contributed by atoms with Gasteiger partial charge in [0.2, 0.25) is 5.91 Å². The van der Waals surface area contributed by atoms with E-state index < -0.39 is 23.4 Å². The summed E-state index contributed by atoms with van der Waals surface area (Å²) in [5, 5.41) is 5.45. The molecule has 4 amide bonds. The van der Waals surface area contributed by atoms with Crippen LogP contribution in [-0.4, -0.2) is 55.6 Å². The smallest absolute Gasteiger partial charge is 0.325 e. The third-order valence-corrected chi connectivity index (χ3v) is 5.46. The van der Waals surface area contributed by atoms with Crippen LogP contribution in [0.3, 0.4) is 0 Å². The Balaban J connectivity index is 1.39. The number of hydrogen-bond donors (Lipinski definition) is 2. The number of anilines is 2. The number of imide groups is 1. The van der Waals surface area contributed by atoms with Gasteiger partial charge in [-0.3, -0.25) is 14.5 Å². The highest BCUT2D eigenvalue weighted by molar-refractivity contribution is 6.10. The van der Waals surface area contributed by atoms with Crippen molar-refractivity contribution in [3.63, 3.8) is 0 Å². The number of nitrogens with zero attached hydrogens (tertiary/aromatic N) is 2. The lowest BCUT2D eigenvalue weighted by Crippen LogP contribution is -2.42. The quantitative estimate of drug-likeness (QED) is 0.738. The predicted molar refractivity (Wildman–Crippen MR) is 112 cm³/mol. The molecule has 2 N–H and O–H groups in total. The minimum Gasteiger partial charge on any atom is -0.378 e. The van der Waals surface area contributed by atoms with E-state index in [-0.39, 0.29) is 6.54 Å². The van der Waals surface area contributed by atoms with Crippen LogP contribution in [-0.2, 0) is 19.9 Å². The van der Waals surface area contributed by atoms with Crippen molar-refractivity contribution in [2.45, 2.75) is 12.5 Å². The molecule has 0 saturated carbocycles. The first-order chi connectivity index (χ1) is 14.5. The fourth-order valence-corrected chi connectivity index (χ4v) is 3.73. The lowest BCUT2D eigenvalue weighted by molar-refractivity contribution is -0.133. The standard InChI is InChI=1S/C22H24N4O4/c1-22(16-5-3-2-4-6-16)20(28)26(21(29)24-22)15-19(27)23-17-7-9-18(10-8-17)25-11-13-30-14-12-25/h2-10H,11-15H2,1H3,(H,23,27)(H,24,29)/t22-/m0/s1. The highest BCUT2D eigenvalue weighted by Gasteiger charge is 2.49. The largest absolute Gasteiger partial charge is 0.378 e. The lowest BCUT2D eigenvalue weighted by Gasteiger charge is -2.28. The molecule has 2 saturated heterocycles. The fraction of sp³-hybridized carbons (Fsp3) is 0.318. The van der Waals surface area contributed by atoms with Gasteiger partial charge in [-0.2, -0.15) is 0 Å². The molecule has 4 rings (SSSR count). The monoisotopic (exact) mass is 408 g/mol. The van der Waals surface area contributed by atoms with Crippen LogP contribution in [0.1, 0.15) is 12.5 Å². The van der Waals surface area contributed by atoms with Gasteiger partial charge in [-0.15, -0.1) is 0 Å². The van der Waals surface area contributed by atoms with E-state index in [4.69, 9.17) is 4.74 Å². The number of ether oxygens (including phenoxy) is 1. The molecule has 2 aliphatic heterocycles. The van der Waals surface area contributed by atoms with Crippen molar-refractivity contribution < 1.29 is 19.1 Å². The topological polar surface area (TPSA) is 91.0 Å². The molecule has 2 aliphatic rings. The Bertz CT molecular complexity index is 941. The van der Waals surface area contributed by atoms with E-state index in [0.717, 1.165) is 23.7 Å². The summed E-state index contributed by atoms with van der Waals surface area (Å²) in [6.07, 6.45) is 0. The molecule has 0 bridgehead atoms. The van der Waals surface area contributed by atoms with Crippen molar-refractivity contribution in [1.29, 1.82) is 0 Å². The summed E-state index contributed by atoms with van der Waals surface area (Å²) in [4.78, 5) is 40.9. The van der Waals surface area contributed by atoms with Gasteiger partial charge in [0.25, 0.3) is 5.91 Å². The Labute approximate surface area is 174 Å². The minimum absolute atomic E-state index is 0.349. The number of hydrogen-bond acceptors (Lipinski definition) is 5. The van der Waals surface area contributed by atoms with E-state index in [1.54, 1.807) is 31.2 Å². The number of amides is 4. The van der Waals surface area contributed by atoms with E-state index in [1.165, 1.54) is 0 Å². The van der Waals surface area contributed by atoms with Gasteiger partial charge in [-0.1, -0.05) is 30.3 Å². The molecule has 0 unspecified atom stereocenters. The van der Waals surface area contributed by atoms with Gasteiger partial charge in [0.15, 0.2) is 0 Å². The molecule has 2 heterocycles. The van der Waals surface area contributed by atoms with Gasteiger partial charge >= 0.3 is 6.03 Å². The normalized spacial score (nSPS) is 21.5. The number of rotatable bonds is 5. The Morgan fingerprint density at radius 3 is 2.40 bits per heavy atom. The molecule has 2 aromatic rings. The second kappa shape index (κ2) is 8.16. The number of carbonyl (C=O) groups excluding carboxylic acids is 3. The van der Waals surface area contributed by atoms with Crippen LogP contribution >= 0.6 is 0 Å². The van der Waals surface area contributed by atoms with Gasteiger partial charge in [0, 0.05) is 24.5 Å². The first kappa shape index (κ1) is 19.9. The maximum absolute atomic E-state index is 12.9. The second-order valence-corrected chi connectivity index (χ2v) is 7.51. The van der Waals surface area contributed by atoms with Crippen LogP contribution in [0.4, 0.5) is 16.2 Å². The summed E-state index contributed by atoms with van der Waals surface area (Å²) >= 11 is 0. The second-order valence-electron chi connectivity index (χ2n) is 7.51. The molecule has 0 aromatic heterocycles. The molecule has 156 valence electrons. The molecule has 2 aromatic carbocycles. The molecule has 0 aliphatic carbocycles. The van der Waals surface area contributed by atoms with Crippen molar-refractivity contribution in [2.75, 3.05) is 43.1 Å². The van der Waals surface area contributed by atoms with E-state index in [2.05, 4.69) is 15.5 Å². The Hall–Kier alpha value is -3.39. The molecule has 8 heteroatoms. The number of carbonyl (C=O) groups is 3. The summed E-state index contributed by atoms with van der Waals surface area (Å²) < 4.78 is 5.36. The van der Waals surface area contributed by atoms with E-state index >= 15 is 0 Å². The van der Waals surface area contributed by atoms with Crippen LogP contribution in [0.5, 0.6) is 0 Å². The lowest BCUT2D eigenvalue weighted by atomic mass is 9.92. The van der Waals surface area contributed by atoms with Crippen molar-refractivity contribution in [2.24, 2.45) is 0 Å². The van der Waals surface area contributed by atoms with Gasteiger partial charge in [0.1, 0.15) is 12.1 Å². The van der Waals surface area contributed by atoms with Crippen molar-refractivity contribution >= 4 is 29.2 Å². The summed E-state index contributed by atoms with van der Waals surface area (Å²) in [6.45, 7) is 4.36. The first-order valence-electron chi connectivity index (χ1n) is 9.89. The zero-order chi connectivity index (χ0) is 21.1. The number of morpholine rings is 1. The first-order valence-corrected chi connectivity index (χ1v) is 9.89. The fourth-order valence-electron chi connectivity index (χ4n) is 3.73. The van der Waals surface area contributed by atoms with Crippen molar-refractivity contribution in [3.8, 4) is 0 Å². The van der Waals surface area contributed by atoms with Crippen LogP contribution < -0.4 is 15.5 Å². The molecular formula is C22H24N4O4. The maximum atomic E-state index is 12.9. The number of nitrogens with one attached hydrogen (secondary N) is 2. The van der Waals surface area contributed by atoms with E-state index in [1.807, 2.05) is 30.3 Å². The van der Waals surface area contributed by atoms with Gasteiger partial charge in [0.05, 0.1) is 13.2 Å². The number of benzene rings is 2. The van der Waals surface area contributed by atoms with Crippen molar-refractivity contribution in [1.82, 2.24) is 10.2 Å². The Morgan fingerprint density at radius 2 is 1.73 bits per heavy atom. The van der Waals surface area contributed by atoms with E-state index in [0.29, 0.717) is 24.5 Å². The third-order valence-electron chi connectivity index (χ3n) is 5.46. The number of urea groups is 1. The molecule has 0 radical (unpaired) electrons. The zero-order valence-corrected chi connectivity index (χ0v) is 16.8. The van der Waals surface area contributed by atoms with Crippen LogP contribution in [0.15, 0.2) is 54.6 Å². The van der Waals surface area contributed by atoms with Crippen molar-refractivity contribution in [3.05, 3.63) is 60.2 Å². The average Bonchev–Trinajstić information content (AvgIpc) is 2.99. The Morgan fingerprint density at radius 1 is 1.07 bits per heavy atom. The molecular weight excluding hydrogens is 384 g/mol. The zero-order valence-electron chi connectivity index (χ0n) is 16.8. The third kappa shape index (κ3) is 3.86. The molecule has 2 fully saturated rings. The minimum atomic E-state index is -1.18. The molecule has 30 heavy (non-hydrogen) atoms. The predicted octanol–water partition coefficient (Wildman–Crippen LogP) is 1.93. The van der Waals surface area contributed by atoms with E-state index in [9.17, 15) is 14.4 Å². The average molecular weight is 408 g/mol. The Kier molecular flexibility index (Phi) is 5.41. The summed E-state index contributed by atoms with van der Waals surface area (Å²) in [5.41, 5.74) is 1.15. The van der Waals surface area contributed by atoms with Gasteiger partial charge in [-0.05, 0) is 36.8 Å². The van der Waals surface area contributed by atoms with Gasteiger partial charge in [-0.25, -0.2) is 4.79 Å². The summed E-state index contributed by atoms with van der Waals surface area (Å²) in [5.74, 6) is -0.883. The van der Waals surface area contributed by atoms with Crippen LogP contribution in [0.25, 0.3) is 0 Å².